The van der Waals surface area contributed by atoms with Crippen LogP contribution < -0.4 is 16.0 Å². The Hall–Kier alpha value is -2.68. The van der Waals surface area contributed by atoms with Crippen LogP contribution in [0.1, 0.15) is 17.3 Å². The standard InChI is InChI=1S/C19H20F3N3O2S/c1-2-23-18(27)13-6-5-7-14(10-13)25-17(26)11-24-15-8-3-4-9-16(15)28-12-19(20,21)22/h3-10,24H,2,11-12H2,1H3,(H,23,27)(H,25,26). The van der Waals surface area contributed by atoms with Crippen molar-refractivity contribution in [2.45, 2.75) is 18.0 Å². The van der Waals surface area contributed by atoms with Gasteiger partial charge in [0.2, 0.25) is 5.91 Å². The summed E-state index contributed by atoms with van der Waals surface area (Å²) < 4.78 is 37.3. The Morgan fingerprint density at radius 3 is 2.54 bits per heavy atom. The van der Waals surface area contributed by atoms with Crippen LogP contribution in [-0.4, -0.2) is 36.8 Å². The second kappa shape index (κ2) is 10.0. The average molecular weight is 411 g/mol. The van der Waals surface area contributed by atoms with Gasteiger partial charge in [-0.15, -0.1) is 11.8 Å². The Bertz CT molecular complexity index is 828. The molecule has 0 saturated heterocycles. The second-order valence-corrected chi connectivity index (χ2v) is 6.76. The smallest absolute Gasteiger partial charge is 0.375 e. The summed E-state index contributed by atoms with van der Waals surface area (Å²) in [5.74, 6) is -1.64. The van der Waals surface area contributed by atoms with Crippen LogP contribution in [0.2, 0.25) is 0 Å². The number of carbonyl (C=O) groups is 2. The molecule has 0 aliphatic rings. The number of thioether (sulfide) groups is 1. The predicted octanol–water partition coefficient (Wildman–Crippen LogP) is 4.14. The van der Waals surface area contributed by atoms with Gasteiger partial charge >= 0.3 is 6.18 Å². The maximum atomic E-state index is 12.4. The highest BCUT2D eigenvalue weighted by molar-refractivity contribution is 7.99. The molecule has 5 nitrogen and oxygen atoms in total. The van der Waals surface area contributed by atoms with Crippen molar-refractivity contribution in [2.24, 2.45) is 0 Å². The van der Waals surface area contributed by atoms with Crippen molar-refractivity contribution >= 4 is 35.0 Å². The van der Waals surface area contributed by atoms with Gasteiger partial charge in [0.15, 0.2) is 0 Å². The molecule has 2 amide bonds. The molecule has 0 saturated carbocycles. The van der Waals surface area contributed by atoms with Crippen LogP contribution in [0, 0.1) is 0 Å². The summed E-state index contributed by atoms with van der Waals surface area (Å²) in [6, 6.07) is 13.0. The Morgan fingerprint density at radius 2 is 1.82 bits per heavy atom. The van der Waals surface area contributed by atoms with Crippen molar-refractivity contribution < 1.29 is 22.8 Å². The van der Waals surface area contributed by atoms with E-state index < -0.39 is 11.9 Å². The normalized spacial score (nSPS) is 11.0. The average Bonchev–Trinajstić information content (AvgIpc) is 2.65. The number of rotatable bonds is 8. The lowest BCUT2D eigenvalue weighted by molar-refractivity contribution is -0.114. The fourth-order valence-corrected chi connectivity index (χ4v) is 3.07. The maximum absolute atomic E-state index is 12.4. The molecule has 2 aromatic rings. The van der Waals surface area contributed by atoms with Crippen LogP contribution >= 0.6 is 11.8 Å². The summed E-state index contributed by atoms with van der Waals surface area (Å²) in [5, 5.41) is 8.18. The zero-order valence-electron chi connectivity index (χ0n) is 15.1. The molecule has 0 heterocycles. The summed E-state index contributed by atoms with van der Waals surface area (Å²) in [5.41, 5.74) is 1.32. The quantitative estimate of drug-likeness (QED) is 0.571. The van der Waals surface area contributed by atoms with Crippen LogP contribution in [0.3, 0.4) is 0 Å². The number of benzene rings is 2. The van der Waals surface area contributed by atoms with Crippen molar-refractivity contribution in [1.82, 2.24) is 5.32 Å². The Kier molecular flexibility index (Phi) is 7.74. The minimum Gasteiger partial charge on any atom is -0.375 e. The molecule has 0 bridgehead atoms. The lowest BCUT2D eigenvalue weighted by Crippen LogP contribution is -2.24. The molecule has 2 rings (SSSR count). The Morgan fingerprint density at radius 1 is 1.07 bits per heavy atom. The van der Waals surface area contributed by atoms with Crippen molar-refractivity contribution in [1.29, 1.82) is 0 Å². The maximum Gasteiger partial charge on any atom is 0.398 e. The third-order valence-electron chi connectivity index (χ3n) is 3.46. The molecular weight excluding hydrogens is 391 g/mol. The Balaban J connectivity index is 1.95. The number of hydrogen-bond acceptors (Lipinski definition) is 4. The fraction of sp³-hybridized carbons (Fsp3) is 0.263. The molecular formula is C19H20F3N3O2S. The van der Waals surface area contributed by atoms with E-state index in [9.17, 15) is 22.8 Å². The van der Waals surface area contributed by atoms with Gasteiger partial charge in [0.25, 0.3) is 5.91 Å². The molecule has 0 fully saturated rings. The zero-order valence-corrected chi connectivity index (χ0v) is 15.9. The van der Waals surface area contributed by atoms with Crippen molar-refractivity contribution in [3.05, 3.63) is 54.1 Å². The summed E-state index contributed by atoms with van der Waals surface area (Å²) in [6.07, 6.45) is -4.27. The third kappa shape index (κ3) is 7.15. The number of anilines is 2. The highest BCUT2D eigenvalue weighted by atomic mass is 32.2. The fourth-order valence-electron chi connectivity index (χ4n) is 2.28. The second-order valence-electron chi connectivity index (χ2n) is 5.74. The van der Waals surface area contributed by atoms with Crippen LogP contribution in [0.5, 0.6) is 0 Å². The van der Waals surface area contributed by atoms with Crippen LogP contribution in [-0.2, 0) is 4.79 Å². The molecule has 0 unspecified atom stereocenters. The molecule has 0 radical (unpaired) electrons. The molecule has 0 spiro atoms. The van der Waals surface area contributed by atoms with E-state index in [0.29, 0.717) is 40.1 Å². The number of para-hydroxylation sites is 1. The minimum atomic E-state index is -4.27. The third-order valence-corrected chi connectivity index (χ3v) is 4.60. The number of hydrogen-bond donors (Lipinski definition) is 3. The van der Waals surface area contributed by atoms with Gasteiger partial charge in [-0.25, -0.2) is 0 Å². The summed E-state index contributed by atoms with van der Waals surface area (Å²) in [4.78, 5) is 24.4. The SMILES string of the molecule is CCNC(=O)c1cccc(NC(=O)CNc2ccccc2SCC(F)(F)F)c1. The first-order valence-corrected chi connectivity index (χ1v) is 9.47. The van der Waals surface area contributed by atoms with Gasteiger partial charge in [0.05, 0.1) is 12.3 Å². The predicted molar refractivity (Wildman–Crippen MR) is 105 cm³/mol. The van der Waals surface area contributed by atoms with E-state index >= 15 is 0 Å². The van der Waals surface area contributed by atoms with Gasteiger partial charge < -0.3 is 16.0 Å². The summed E-state index contributed by atoms with van der Waals surface area (Å²) in [6.45, 7) is 2.17. The summed E-state index contributed by atoms with van der Waals surface area (Å²) >= 11 is 0.656. The van der Waals surface area contributed by atoms with E-state index in [4.69, 9.17) is 0 Å². The van der Waals surface area contributed by atoms with Crippen LogP contribution in [0.4, 0.5) is 24.5 Å². The van der Waals surface area contributed by atoms with E-state index in [2.05, 4.69) is 16.0 Å². The number of nitrogens with one attached hydrogen (secondary N) is 3. The van der Waals surface area contributed by atoms with E-state index in [1.165, 1.54) is 0 Å². The molecule has 0 aliphatic heterocycles. The first kappa shape index (κ1) is 21.6. The van der Waals surface area contributed by atoms with E-state index in [-0.39, 0.29) is 18.4 Å². The number of amides is 2. The lowest BCUT2D eigenvalue weighted by Gasteiger charge is -2.13. The van der Waals surface area contributed by atoms with E-state index in [1.807, 2.05) is 0 Å². The first-order valence-electron chi connectivity index (χ1n) is 8.49. The molecule has 9 heteroatoms. The highest BCUT2D eigenvalue weighted by Gasteiger charge is 2.27. The largest absolute Gasteiger partial charge is 0.398 e. The number of alkyl halides is 3. The van der Waals surface area contributed by atoms with Gasteiger partial charge in [-0.1, -0.05) is 18.2 Å². The lowest BCUT2D eigenvalue weighted by atomic mass is 10.2. The van der Waals surface area contributed by atoms with Crippen molar-refractivity contribution in [3.63, 3.8) is 0 Å². The van der Waals surface area contributed by atoms with E-state index in [0.717, 1.165) is 0 Å². The highest BCUT2D eigenvalue weighted by Crippen LogP contribution is 2.31. The number of carbonyl (C=O) groups excluding carboxylic acids is 2. The van der Waals surface area contributed by atoms with Gasteiger partial charge in [-0.05, 0) is 37.3 Å². The topological polar surface area (TPSA) is 70.2 Å². The molecule has 0 aromatic heterocycles. The Labute approximate surface area is 165 Å². The monoisotopic (exact) mass is 411 g/mol. The van der Waals surface area contributed by atoms with E-state index in [1.54, 1.807) is 55.5 Å². The molecule has 28 heavy (non-hydrogen) atoms. The molecule has 3 N–H and O–H groups in total. The zero-order chi connectivity index (χ0) is 20.6. The van der Waals surface area contributed by atoms with Crippen molar-refractivity contribution in [2.75, 3.05) is 29.5 Å². The minimum absolute atomic E-state index is 0.130. The molecule has 2 aromatic carbocycles. The summed E-state index contributed by atoms with van der Waals surface area (Å²) in [7, 11) is 0. The van der Waals surface area contributed by atoms with Crippen LogP contribution in [0.25, 0.3) is 0 Å². The molecule has 150 valence electrons. The first-order chi connectivity index (χ1) is 13.3. The van der Waals surface area contributed by atoms with Gasteiger partial charge in [0, 0.05) is 28.4 Å². The van der Waals surface area contributed by atoms with Gasteiger partial charge in [-0.2, -0.15) is 13.2 Å². The van der Waals surface area contributed by atoms with Gasteiger partial charge in [0.1, 0.15) is 0 Å². The van der Waals surface area contributed by atoms with Crippen LogP contribution in [0.15, 0.2) is 53.4 Å². The van der Waals surface area contributed by atoms with Gasteiger partial charge in [-0.3, -0.25) is 9.59 Å². The molecule has 0 aliphatic carbocycles. The molecule has 0 atom stereocenters. The number of halogens is 3. The van der Waals surface area contributed by atoms with Crippen molar-refractivity contribution in [3.8, 4) is 0 Å².